The number of nitrogens with one attached hydrogen (secondary N) is 1. The molecule has 0 saturated heterocycles. The number of esters is 1. The van der Waals surface area contributed by atoms with Gasteiger partial charge in [0.2, 0.25) is 0 Å². The first-order valence-electron chi connectivity index (χ1n) is 5.67. The minimum Gasteiger partial charge on any atom is -0.469 e. The van der Waals surface area contributed by atoms with Gasteiger partial charge in [-0.05, 0) is 26.0 Å². The summed E-state index contributed by atoms with van der Waals surface area (Å²) in [6.07, 6.45) is 0.0138. The first-order chi connectivity index (χ1) is 8.85. The van der Waals surface area contributed by atoms with E-state index in [0.29, 0.717) is 0 Å². The van der Waals surface area contributed by atoms with Crippen LogP contribution in [0, 0.1) is 6.92 Å². The maximum Gasteiger partial charge on any atom is 0.312 e. The van der Waals surface area contributed by atoms with Gasteiger partial charge in [-0.3, -0.25) is 4.79 Å². The number of rotatable bonds is 6. The van der Waals surface area contributed by atoms with Crippen molar-refractivity contribution in [3.8, 4) is 0 Å². The topological polar surface area (TPSA) is 81.7 Å². The molecule has 0 spiro atoms. The molecule has 19 heavy (non-hydrogen) atoms. The van der Waals surface area contributed by atoms with Crippen LogP contribution in [0.4, 0.5) is 0 Å². The van der Waals surface area contributed by atoms with Crippen molar-refractivity contribution in [2.45, 2.75) is 31.2 Å². The summed E-state index contributed by atoms with van der Waals surface area (Å²) in [5.41, 5.74) is 3.26. The molecule has 106 valence electrons. The van der Waals surface area contributed by atoms with Crippen LogP contribution in [0.3, 0.4) is 0 Å². The first-order valence-corrected chi connectivity index (χ1v) is 7.08. The summed E-state index contributed by atoms with van der Waals surface area (Å²) in [7, 11) is -2.61. The third-order valence-corrected chi connectivity index (χ3v) is 3.53. The molecule has 1 atom stereocenters. The maximum atomic E-state index is 11.8. The van der Waals surface area contributed by atoms with E-state index in [2.05, 4.69) is 14.5 Å². The number of hydrogen-bond donors (Lipinski definition) is 1. The van der Waals surface area contributed by atoms with Crippen molar-refractivity contribution in [1.82, 2.24) is 5.48 Å². The molecule has 1 N–H and O–H groups in total. The van der Waals surface area contributed by atoms with Gasteiger partial charge in [-0.25, -0.2) is 0 Å². The number of aryl methyl sites for hydroxylation is 1. The number of benzene rings is 1. The highest BCUT2D eigenvalue weighted by molar-refractivity contribution is 7.86. The summed E-state index contributed by atoms with van der Waals surface area (Å²) in [5.74, 6) is -0.448. The van der Waals surface area contributed by atoms with Gasteiger partial charge < -0.3 is 4.74 Å². The Kier molecular flexibility index (Phi) is 5.46. The second-order valence-electron chi connectivity index (χ2n) is 4.15. The molecule has 0 heterocycles. The average Bonchev–Trinajstić information content (AvgIpc) is 2.37. The predicted octanol–water partition coefficient (Wildman–Crippen LogP) is 1.16. The summed E-state index contributed by atoms with van der Waals surface area (Å²) >= 11 is 0. The largest absolute Gasteiger partial charge is 0.469 e. The zero-order valence-corrected chi connectivity index (χ0v) is 11.9. The monoisotopic (exact) mass is 287 g/mol. The summed E-state index contributed by atoms with van der Waals surface area (Å²) in [5, 5.41) is 0. The Morgan fingerprint density at radius 2 is 1.89 bits per heavy atom. The van der Waals surface area contributed by atoms with Crippen molar-refractivity contribution < 1.29 is 22.2 Å². The molecule has 0 radical (unpaired) electrons. The number of carbonyl (C=O) groups is 1. The van der Waals surface area contributed by atoms with Gasteiger partial charge in [0.15, 0.2) is 0 Å². The van der Waals surface area contributed by atoms with Crippen LogP contribution in [-0.4, -0.2) is 27.5 Å². The predicted molar refractivity (Wildman–Crippen MR) is 68.7 cm³/mol. The van der Waals surface area contributed by atoms with E-state index < -0.39 is 22.1 Å². The van der Waals surface area contributed by atoms with Crippen LogP contribution < -0.4 is 5.48 Å². The van der Waals surface area contributed by atoms with E-state index in [1.807, 2.05) is 6.92 Å². The van der Waals surface area contributed by atoms with Crippen LogP contribution in [0.2, 0.25) is 0 Å². The molecular formula is C12H17NO5S. The van der Waals surface area contributed by atoms with Gasteiger partial charge in [-0.2, -0.15) is 18.2 Å². The first kappa shape index (κ1) is 15.6. The fraction of sp³-hybridized carbons (Fsp3) is 0.417. The highest BCUT2D eigenvalue weighted by Gasteiger charge is 2.17. The fourth-order valence-corrected chi connectivity index (χ4v) is 2.13. The van der Waals surface area contributed by atoms with Crippen molar-refractivity contribution in [3.63, 3.8) is 0 Å². The Balaban J connectivity index is 2.61. The normalized spacial score (nSPS) is 13.0. The number of methoxy groups -OCH3 is 1. The highest BCUT2D eigenvalue weighted by atomic mass is 32.2. The highest BCUT2D eigenvalue weighted by Crippen LogP contribution is 2.12. The molecular weight excluding hydrogens is 270 g/mol. The minimum absolute atomic E-state index is 0.0138. The lowest BCUT2D eigenvalue weighted by Gasteiger charge is -2.12. The smallest absolute Gasteiger partial charge is 0.312 e. The molecule has 7 heteroatoms. The Morgan fingerprint density at radius 1 is 1.32 bits per heavy atom. The van der Waals surface area contributed by atoms with Crippen LogP contribution in [-0.2, 0) is 23.9 Å². The molecule has 1 rings (SSSR count). The molecule has 0 aliphatic carbocycles. The number of hydrogen-bond acceptors (Lipinski definition) is 6. The Hall–Kier alpha value is -1.44. The van der Waals surface area contributed by atoms with E-state index >= 15 is 0 Å². The SMILES string of the molecule is COC(=O)C[C@@H](C)NOS(=O)(=O)c1ccc(C)cc1. The molecule has 0 amide bonds. The second kappa shape index (κ2) is 6.65. The number of hydroxylamine groups is 1. The van der Waals surface area contributed by atoms with Gasteiger partial charge in [0, 0.05) is 6.04 Å². The second-order valence-corrected chi connectivity index (χ2v) is 5.70. The van der Waals surface area contributed by atoms with Crippen LogP contribution >= 0.6 is 0 Å². The molecule has 0 aliphatic heterocycles. The van der Waals surface area contributed by atoms with Crippen molar-refractivity contribution >= 4 is 16.1 Å². The summed E-state index contributed by atoms with van der Waals surface area (Å²) in [6.45, 7) is 3.47. The summed E-state index contributed by atoms with van der Waals surface area (Å²) in [6, 6.07) is 5.78. The van der Waals surface area contributed by atoms with Crippen molar-refractivity contribution in [1.29, 1.82) is 0 Å². The molecule has 0 bridgehead atoms. The Labute approximate surface area is 112 Å². The van der Waals surface area contributed by atoms with E-state index in [4.69, 9.17) is 0 Å². The Morgan fingerprint density at radius 3 is 2.42 bits per heavy atom. The van der Waals surface area contributed by atoms with Crippen molar-refractivity contribution in [2.24, 2.45) is 0 Å². The van der Waals surface area contributed by atoms with Crippen LogP contribution in [0.15, 0.2) is 29.2 Å². The van der Waals surface area contributed by atoms with Crippen LogP contribution in [0.5, 0.6) is 0 Å². The molecule has 6 nitrogen and oxygen atoms in total. The molecule has 0 aromatic heterocycles. The zero-order chi connectivity index (χ0) is 14.5. The fourth-order valence-electron chi connectivity index (χ4n) is 1.27. The molecule has 1 aromatic rings. The third kappa shape index (κ3) is 4.98. The number of ether oxygens (including phenoxy) is 1. The van der Waals surface area contributed by atoms with E-state index in [1.165, 1.54) is 19.2 Å². The minimum atomic E-state index is -3.88. The van der Waals surface area contributed by atoms with Crippen LogP contribution in [0.1, 0.15) is 18.9 Å². The van der Waals surface area contributed by atoms with Gasteiger partial charge in [0.1, 0.15) is 0 Å². The molecule has 0 saturated carbocycles. The van der Waals surface area contributed by atoms with E-state index in [0.717, 1.165) is 5.56 Å². The lowest BCUT2D eigenvalue weighted by Crippen LogP contribution is -2.31. The van der Waals surface area contributed by atoms with Crippen molar-refractivity contribution in [3.05, 3.63) is 29.8 Å². The van der Waals surface area contributed by atoms with E-state index in [-0.39, 0.29) is 11.3 Å². The van der Waals surface area contributed by atoms with Gasteiger partial charge in [0.25, 0.3) is 0 Å². The molecule has 0 fully saturated rings. The molecule has 0 unspecified atom stereocenters. The summed E-state index contributed by atoms with van der Waals surface area (Å²) < 4.78 is 32.7. The average molecular weight is 287 g/mol. The standard InChI is InChI=1S/C12H17NO5S/c1-9-4-6-11(7-5-9)19(15,16)18-13-10(2)8-12(14)17-3/h4-7,10,13H,8H2,1-3H3/t10-/m1/s1. The van der Waals surface area contributed by atoms with Crippen LogP contribution in [0.25, 0.3) is 0 Å². The molecule has 0 aliphatic rings. The quantitative estimate of drug-likeness (QED) is 0.624. The third-order valence-electron chi connectivity index (χ3n) is 2.37. The van der Waals surface area contributed by atoms with Gasteiger partial charge >= 0.3 is 16.1 Å². The van der Waals surface area contributed by atoms with E-state index in [9.17, 15) is 13.2 Å². The van der Waals surface area contributed by atoms with Gasteiger partial charge in [-0.15, -0.1) is 0 Å². The van der Waals surface area contributed by atoms with E-state index in [1.54, 1.807) is 19.1 Å². The zero-order valence-electron chi connectivity index (χ0n) is 11.0. The maximum absolute atomic E-state index is 11.8. The van der Waals surface area contributed by atoms with Gasteiger partial charge in [-0.1, -0.05) is 17.7 Å². The summed E-state index contributed by atoms with van der Waals surface area (Å²) in [4.78, 5) is 11.0. The number of carbonyl (C=O) groups excluding carboxylic acids is 1. The van der Waals surface area contributed by atoms with Crippen molar-refractivity contribution in [2.75, 3.05) is 7.11 Å². The lowest BCUT2D eigenvalue weighted by molar-refractivity contribution is -0.141. The van der Waals surface area contributed by atoms with Gasteiger partial charge in [0.05, 0.1) is 18.4 Å². The Bertz CT molecular complexity index is 524. The molecule has 1 aromatic carbocycles. The lowest BCUT2D eigenvalue weighted by atomic mass is 10.2.